The summed E-state index contributed by atoms with van der Waals surface area (Å²) in [6.07, 6.45) is -4.99. The van der Waals surface area contributed by atoms with Crippen molar-refractivity contribution in [1.29, 1.82) is 0 Å². The Balaban J connectivity index is 1.69. The summed E-state index contributed by atoms with van der Waals surface area (Å²) in [4.78, 5) is 33.1. The van der Waals surface area contributed by atoms with Gasteiger partial charge in [-0.1, -0.05) is 23.7 Å². The van der Waals surface area contributed by atoms with Crippen molar-refractivity contribution in [2.75, 3.05) is 18.0 Å². The lowest BCUT2D eigenvalue weighted by Gasteiger charge is -2.21. The van der Waals surface area contributed by atoms with Crippen molar-refractivity contribution in [3.05, 3.63) is 70.2 Å². The Morgan fingerprint density at radius 1 is 1.18 bits per heavy atom. The van der Waals surface area contributed by atoms with Crippen LogP contribution in [0.5, 0.6) is 5.75 Å². The number of aliphatic hydroxyl groups excluding tert-OH is 1. The minimum absolute atomic E-state index is 0.0862. The van der Waals surface area contributed by atoms with E-state index in [9.17, 15) is 27.9 Å². The van der Waals surface area contributed by atoms with E-state index >= 15 is 0 Å². The third kappa shape index (κ3) is 5.32. The fraction of sp³-hybridized carbons (Fsp3) is 0.227. The van der Waals surface area contributed by atoms with Gasteiger partial charge in [0.2, 0.25) is 0 Å². The molecule has 3 aromatic rings. The number of carbonyl (C=O) groups is 2. The van der Waals surface area contributed by atoms with Crippen molar-refractivity contribution in [3.8, 4) is 5.75 Å². The Labute approximate surface area is 201 Å². The smallest absolute Gasteiger partial charge is 0.406 e. The minimum atomic E-state index is -4.86. The summed E-state index contributed by atoms with van der Waals surface area (Å²) < 4.78 is 41.5. The summed E-state index contributed by atoms with van der Waals surface area (Å²) in [7, 11) is 0. The second-order valence-electron chi connectivity index (χ2n) is 7.37. The molecule has 2 amide bonds. The first kappa shape index (κ1) is 24.0. The first-order chi connectivity index (χ1) is 16.1. The Hall–Kier alpha value is -3.15. The van der Waals surface area contributed by atoms with Crippen LogP contribution in [0.1, 0.15) is 27.3 Å². The number of likely N-dealkylation sites (tertiary alicyclic amines) is 1. The van der Waals surface area contributed by atoms with Crippen molar-refractivity contribution in [3.63, 3.8) is 0 Å². The Morgan fingerprint density at radius 3 is 2.50 bits per heavy atom. The molecule has 1 fully saturated rings. The molecule has 1 aromatic heterocycles. The third-order valence-electron chi connectivity index (χ3n) is 4.99. The number of carbonyl (C=O) groups excluding carboxylic acids is 2. The molecule has 7 nitrogen and oxygen atoms in total. The summed E-state index contributed by atoms with van der Waals surface area (Å²) in [5, 5.41) is 11.5. The molecular formula is C22H17ClF3N3O4S. The van der Waals surface area contributed by atoms with Gasteiger partial charge in [0.25, 0.3) is 11.8 Å². The van der Waals surface area contributed by atoms with Crippen molar-refractivity contribution in [2.24, 2.45) is 0 Å². The summed E-state index contributed by atoms with van der Waals surface area (Å²) >= 11 is 7.21. The van der Waals surface area contributed by atoms with Gasteiger partial charge in [-0.15, -0.1) is 24.5 Å². The topological polar surface area (TPSA) is 83.0 Å². The fourth-order valence-corrected chi connectivity index (χ4v) is 4.45. The van der Waals surface area contributed by atoms with Gasteiger partial charge in [0.15, 0.2) is 5.13 Å². The van der Waals surface area contributed by atoms with Gasteiger partial charge < -0.3 is 14.7 Å². The van der Waals surface area contributed by atoms with E-state index in [2.05, 4.69) is 9.72 Å². The molecule has 0 bridgehead atoms. The third-order valence-corrected chi connectivity index (χ3v) is 6.14. The van der Waals surface area contributed by atoms with Crippen LogP contribution in [-0.2, 0) is 0 Å². The molecule has 34 heavy (non-hydrogen) atoms. The number of ether oxygens (including phenoxy) is 1. The number of benzene rings is 2. The molecule has 1 atom stereocenters. The highest BCUT2D eigenvalue weighted by molar-refractivity contribution is 7.14. The number of aromatic nitrogens is 1. The second kappa shape index (κ2) is 9.61. The lowest BCUT2D eigenvalue weighted by atomic mass is 10.2. The number of aliphatic hydroxyl groups is 1. The molecule has 2 heterocycles. The van der Waals surface area contributed by atoms with Crippen molar-refractivity contribution in [1.82, 2.24) is 9.88 Å². The van der Waals surface area contributed by atoms with Gasteiger partial charge in [-0.05, 0) is 42.8 Å². The number of alkyl halides is 3. The maximum atomic E-state index is 13.4. The van der Waals surface area contributed by atoms with E-state index in [4.69, 9.17) is 11.6 Å². The minimum Gasteiger partial charge on any atom is -0.406 e. The van der Waals surface area contributed by atoms with Crippen molar-refractivity contribution < 1.29 is 32.6 Å². The van der Waals surface area contributed by atoms with Gasteiger partial charge in [-0.25, -0.2) is 4.98 Å². The zero-order valence-corrected chi connectivity index (χ0v) is 18.9. The normalized spacial score (nSPS) is 15.9. The first-order valence-electron chi connectivity index (χ1n) is 10.00. The highest BCUT2D eigenvalue weighted by Gasteiger charge is 2.32. The quantitative estimate of drug-likeness (QED) is 0.528. The first-order valence-corrected chi connectivity index (χ1v) is 11.3. The van der Waals surface area contributed by atoms with E-state index in [-0.39, 0.29) is 33.6 Å². The highest BCUT2D eigenvalue weighted by Crippen LogP contribution is 2.34. The van der Waals surface area contributed by atoms with E-state index in [0.29, 0.717) is 13.0 Å². The van der Waals surface area contributed by atoms with Gasteiger partial charge in [-0.2, -0.15) is 0 Å². The van der Waals surface area contributed by atoms with Crippen LogP contribution in [0.15, 0.2) is 53.9 Å². The van der Waals surface area contributed by atoms with Crippen LogP contribution in [-0.4, -0.2) is 52.4 Å². The summed E-state index contributed by atoms with van der Waals surface area (Å²) in [6, 6.07) is 11.0. The van der Waals surface area contributed by atoms with Crippen LogP contribution in [0, 0.1) is 0 Å². The number of hydrogen-bond acceptors (Lipinski definition) is 6. The number of amides is 2. The molecule has 1 aliphatic rings. The molecule has 0 saturated carbocycles. The van der Waals surface area contributed by atoms with Crippen LogP contribution >= 0.6 is 22.9 Å². The van der Waals surface area contributed by atoms with Crippen LogP contribution in [0.2, 0.25) is 5.02 Å². The SMILES string of the molecule is O=C(c1csc(N(C(=O)c2ccccc2Cl)c2ccc(OC(F)(F)F)cc2)n1)N1CC[C@@H](O)C1. The van der Waals surface area contributed by atoms with Crippen LogP contribution < -0.4 is 9.64 Å². The van der Waals surface area contributed by atoms with E-state index in [1.54, 1.807) is 12.1 Å². The molecular weight excluding hydrogens is 495 g/mol. The average molecular weight is 512 g/mol. The van der Waals surface area contributed by atoms with Gasteiger partial charge >= 0.3 is 6.36 Å². The lowest BCUT2D eigenvalue weighted by molar-refractivity contribution is -0.274. The number of halogens is 4. The highest BCUT2D eigenvalue weighted by atomic mass is 35.5. The number of rotatable bonds is 5. The number of β-amino-alcohol motifs (C(OH)–C–C–N with tert-alkyl or cyclic N) is 1. The fourth-order valence-electron chi connectivity index (χ4n) is 3.42. The summed E-state index contributed by atoms with van der Waals surface area (Å²) in [6.45, 7) is 0.574. The molecule has 1 aliphatic heterocycles. The monoisotopic (exact) mass is 511 g/mol. The Bertz CT molecular complexity index is 1200. The molecule has 0 unspecified atom stereocenters. The standard InChI is InChI=1S/C22H17ClF3N3O4S/c23-17-4-2-1-3-16(17)19(31)29(13-5-7-15(8-6-13)33-22(24,25)26)21-27-18(12-34-21)20(32)28-10-9-14(30)11-28/h1-8,12,14,30H,9-11H2/t14-/m1/s1. The van der Waals surface area contributed by atoms with E-state index in [1.807, 2.05) is 0 Å². The molecule has 1 N–H and O–H groups in total. The number of hydrogen-bond donors (Lipinski definition) is 1. The van der Waals surface area contributed by atoms with Crippen molar-refractivity contribution in [2.45, 2.75) is 18.9 Å². The molecule has 0 spiro atoms. The predicted octanol–water partition coefficient (Wildman–Crippen LogP) is 4.88. The lowest BCUT2D eigenvalue weighted by Crippen LogP contribution is -2.30. The zero-order valence-electron chi connectivity index (χ0n) is 17.3. The Morgan fingerprint density at radius 2 is 1.88 bits per heavy atom. The van der Waals surface area contributed by atoms with Crippen LogP contribution in [0.3, 0.4) is 0 Å². The maximum absolute atomic E-state index is 13.4. The summed E-state index contributed by atoms with van der Waals surface area (Å²) in [5.74, 6) is -1.43. The molecule has 2 aromatic carbocycles. The van der Waals surface area contributed by atoms with Gasteiger partial charge in [0, 0.05) is 18.5 Å². The van der Waals surface area contributed by atoms with Gasteiger partial charge in [0.1, 0.15) is 11.4 Å². The molecule has 12 heteroatoms. The van der Waals surface area contributed by atoms with Gasteiger partial charge in [0.05, 0.1) is 22.4 Å². The average Bonchev–Trinajstić information content (AvgIpc) is 3.43. The molecule has 178 valence electrons. The number of anilines is 2. The maximum Gasteiger partial charge on any atom is 0.573 e. The van der Waals surface area contributed by atoms with Crippen molar-refractivity contribution >= 4 is 45.6 Å². The van der Waals surface area contributed by atoms with Crippen LogP contribution in [0.4, 0.5) is 24.0 Å². The molecule has 1 saturated heterocycles. The largest absolute Gasteiger partial charge is 0.573 e. The van der Waals surface area contributed by atoms with Gasteiger partial charge in [-0.3, -0.25) is 14.5 Å². The zero-order chi connectivity index (χ0) is 24.5. The Kier molecular flexibility index (Phi) is 6.78. The van der Waals surface area contributed by atoms with E-state index < -0.39 is 30.0 Å². The molecule has 0 radical (unpaired) electrons. The molecule has 0 aliphatic carbocycles. The van der Waals surface area contributed by atoms with E-state index in [0.717, 1.165) is 23.5 Å². The number of thiazole rings is 1. The second-order valence-corrected chi connectivity index (χ2v) is 8.61. The number of nitrogens with zero attached hydrogens (tertiary/aromatic N) is 3. The molecule has 4 rings (SSSR count). The predicted molar refractivity (Wildman–Crippen MR) is 120 cm³/mol. The van der Waals surface area contributed by atoms with Crippen LogP contribution in [0.25, 0.3) is 0 Å². The summed E-state index contributed by atoms with van der Waals surface area (Å²) in [5.41, 5.74) is 0.429. The van der Waals surface area contributed by atoms with E-state index in [1.165, 1.54) is 39.4 Å².